The first-order valence-electron chi connectivity index (χ1n) is 11.1. The summed E-state index contributed by atoms with van der Waals surface area (Å²) in [5, 5.41) is 12.3. The monoisotopic (exact) mass is 345 g/mol. The third kappa shape index (κ3) is 10.6. The van der Waals surface area contributed by atoms with Gasteiger partial charge in [-0.1, -0.05) is 103 Å². The van der Waals surface area contributed by atoms with E-state index in [0.717, 1.165) is 18.4 Å². The summed E-state index contributed by atoms with van der Waals surface area (Å²) >= 11 is 0. The lowest BCUT2D eigenvalue weighted by Crippen LogP contribution is -1.96. The minimum absolute atomic E-state index is 0.270. The molecule has 0 N–H and O–H groups in total. The van der Waals surface area contributed by atoms with E-state index in [4.69, 9.17) is 0 Å². The van der Waals surface area contributed by atoms with E-state index in [-0.39, 0.29) is 5.75 Å². The van der Waals surface area contributed by atoms with Gasteiger partial charge in [0.15, 0.2) is 5.75 Å². The molecule has 1 rings (SSSR count). The highest BCUT2D eigenvalue weighted by atomic mass is 16.3. The second kappa shape index (κ2) is 15.3. The van der Waals surface area contributed by atoms with Crippen LogP contribution >= 0.6 is 0 Å². The van der Waals surface area contributed by atoms with Gasteiger partial charge in [-0.25, -0.2) is 0 Å². The van der Waals surface area contributed by atoms with Gasteiger partial charge in [-0.05, 0) is 37.3 Å². The van der Waals surface area contributed by atoms with E-state index < -0.39 is 0 Å². The molecule has 143 valence electrons. The minimum Gasteiger partial charge on any atom is -0.290 e. The van der Waals surface area contributed by atoms with Crippen LogP contribution in [0.25, 0.3) is 0 Å². The van der Waals surface area contributed by atoms with Crippen LogP contribution in [0.2, 0.25) is 0 Å². The Bertz CT molecular complexity index is 424. The molecular weight excluding hydrogens is 304 g/mol. The highest BCUT2D eigenvalue weighted by molar-refractivity contribution is 5.39. The Hall–Kier alpha value is -0.980. The second-order valence-corrected chi connectivity index (χ2v) is 7.64. The fourth-order valence-corrected chi connectivity index (χ4v) is 3.66. The number of rotatable bonds is 16. The van der Waals surface area contributed by atoms with Gasteiger partial charge >= 0.3 is 0 Å². The van der Waals surface area contributed by atoms with E-state index in [1.165, 1.54) is 95.5 Å². The molecule has 1 aromatic rings. The zero-order valence-electron chi connectivity index (χ0n) is 17.0. The molecule has 0 aromatic heterocycles. The topological polar surface area (TPSA) is 19.9 Å². The zero-order chi connectivity index (χ0) is 18.2. The van der Waals surface area contributed by atoms with Gasteiger partial charge in [0.05, 0.1) is 0 Å². The van der Waals surface area contributed by atoms with Crippen molar-refractivity contribution in [1.82, 2.24) is 0 Å². The number of benzene rings is 1. The molecule has 0 amide bonds. The van der Waals surface area contributed by atoms with Crippen LogP contribution in [0, 0.1) is 0 Å². The lowest BCUT2D eigenvalue weighted by molar-refractivity contribution is 0.348. The van der Waals surface area contributed by atoms with Crippen LogP contribution in [0.5, 0.6) is 5.75 Å². The molecule has 0 atom stereocenters. The maximum absolute atomic E-state index is 12.3. The Morgan fingerprint density at radius 1 is 0.600 bits per heavy atom. The largest absolute Gasteiger partial charge is 0.290 e. The van der Waals surface area contributed by atoms with E-state index in [2.05, 4.69) is 19.9 Å². The zero-order valence-corrected chi connectivity index (χ0v) is 17.0. The van der Waals surface area contributed by atoms with Crippen molar-refractivity contribution in [3.05, 3.63) is 29.3 Å². The smallest absolute Gasteiger partial charge is 0.182 e. The molecule has 1 radical (unpaired) electrons. The fourth-order valence-electron chi connectivity index (χ4n) is 3.66. The van der Waals surface area contributed by atoms with E-state index in [1.54, 1.807) is 6.07 Å². The summed E-state index contributed by atoms with van der Waals surface area (Å²) in [5.41, 5.74) is 2.44. The van der Waals surface area contributed by atoms with Crippen molar-refractivity contribution >= 4 is 0 Å². The van der Waals surface area contributed by atoms with Gasteiger partial charge in [0, 0.05) is 5.56 Å². The van der Waals surface area contributed by atoms with Crippen molar-refractivity contribution in [2.75, 3.05) is 0 Å². The Labute approximate surface area is 157 Å². The molecule has 0 bridgehead atoms. The van der Waals surface area contributed by atoms with Crippen LogP contribution in [-0.4, -0.2) is 0 Å². The van der Waals surface area contributed by atoms with E-state index in [1.807, 2.05) is 6.07 Å². The molecule has 0 saturated heterocycles. The molecule has 0 fully saturated rings. The van der Waals surface area contributed by atoms with Crippen LogP contribution in [-0.2, 0) is 17.9 Å². The third-order valence-corrected chi connectivity index (χ3v) is 5.31. The summed E-state index contributed by atoms with van der Waals surface area (Å²) in [6.07, 6.45) is 20.6. The predicted octanol–water partition coefficient (Wildman–Crippen LogP) is 8.42. The Balaban J connectivity index is 2.26. The van der Waals surface area contributed by atoms with Crippen LogP contribution in [0.4, 0.5) is 0 Å². The summed E-state index contributed by atoms with van der Waals surface area (Å²) in [6, 6.07) is 5.90. The average Bonchev–Trinajstić information content (AvgIpc) is 2.62. The Morgan fingerprint density at radius 2 is 1.08 bits per heavy atom. The maximum atomic E-state index is 12.3. The third-order valence-electron chi connectivity index (χ3n) is 5.31. The van der Waals surface area contributed by atoms with Gasteiger partial charge in [0.2, 0.25) is 0 Å². The molecule has 1 aromatic carbocycles. The Kier molecular flexibility index (Phi) is 13.5. The van der Waals surface area contributed by atoms with Crippen molar-refractivity contribution in [2.45, 2.75) is 117 Å². The Morgan fingerprint density at radius 3 is 1.64 bits per heavy atom. The summed E-state index contributed by atoms with van der Waals surface area (Å²) < 4.78 is 0. The van der Waals surface area contributed by atoms with Crippen LogP contribution in [0.15, 0.2) is 18.2 Å². The first-order chi connectivity index (χ1) is 12.3. The minimum atomic E-state index is 0.270. The molecule has 0 saturated carbocycles. The van der Waals surface area contributed by atoms with Crippen molar-refractivity contribution < 1.29 is 5.11 Å². The van der Waals surface area contributed by atoms with Gasteiger partial charge in [-0.2, -0.15) is 0 Å². The fraction of sp³-hybridized carbons (Fsp3) is 0.750. The average molecular weight is 346 g/mol. The van der Waals surface area contributed by atoms with Gasteiger partial charge in [-0.15, -0.1) is 0 Å². The molecule has 1 nitrogen and oxygen atoms in total. The highest BCUT2D eigenvalue weighted by Crippen LogP contribution is 2.26. The summed E-state index contributed by atoms with van der Waals surface area (Å²) in [6.45, 7) is 4.53. The number of aryl methyl sites for hydroxylation is 1. The number of hydrogen-bond acceptors (Lipinski definition) is 0. The lowest BCUT2D eigenvalue weighted by Gasteiger charge is -2.10. The number of unbranched alkanes of at least 4 members (excludes halogenated alkanes) is 12. The molecule has 25 heavy (non-hydrogen) atoms. The predicted molar refractivity (Wildman–Crippen MR) is 110 cm³/mol. The standard InChI is InChI=1S/C24H41O/c1-3-5-7-9-11-13-15-18-22-19-17-21-24(25)23(22)20-16-14-12-10-8-6-4-2/h17,19,21H,3-16,18,20H2,1-2H3. The molecule has 0 spiro atoms. The van der Waals surface area contributed by atoms with Gasteiger partial charge < -0.3 is 0 Å². The highest BCUT2D eigenvalue weighted by Gasteiger charge is 2.09. The van der Waals surface area contributed by atoms with Crippen LogP contribution < -0.4 is 0 Å². The quantitative estimate of drug-likeness (QED) is 0.268. The normalized spacial score (nSPS) is 11.1. The van der Waals surface area contributed by atoms with E-state index in [0.29, 0.717) is 0 Å². The molecule has 0 aliphatic heterocycles. The van der Waals surface area contributed by atoms with Crippen LogP contribution in [0.1, 0.15) is 115 Å². The summed E-state index contributed by atoms with van der Waals surface area (Å²) in [4.78, 5) is 0. The lowest BCUT2D eigenvalue weighted by atomic mass is 9.95. The maximum Gasteiger partial charge on any atom is 0.182 e. The van der Waals surface area contributed by atoms with E-state index in [9.17, 15) is 5.11 Å². The molecule has 1 heteroatoms. The van der Waals surface area contributed by atoms with E-state index >= 15 is 0 Å². The van der Waals surface area contributed by atoms with Crippen molar-refractivity contribution in [3.8, 4) is 5.75 Å². The first-order valence-corrected chi connectivity index (χ1v) is 11.1. The molecule has 0 heterocycles. The van der Waals surface area contributed by atoms with Crippen molar-refractivity contribution in [2.24, 2.45) is 0 Å². The van der Waals surface area contributed by atoms with Crippen molar-refractivity contribution in [1.29, 1.82) is 0 Å². The summed E-state index contributed by atoms with van der Waals surface area (Å²) in [5.74, 6) is 0.270. The van der Waals surface area contributed by atoms with Gasteiger partial charge in [0.25, 0.3) is 0 Å². The number of hydrogen-bond donors (Lipinski definition) is 0. The SMILES string of the molecule is CCCCCCCCCc1cccc([O])c1CCCCCCCCC. The van der Waals surface area contributed by atoms with Gasteiger partial charge in [-0.3, -0.25) is 5.11 Å². The molecule has 0 aliphatic carbocycles. The van der Waals surface area contributed by atoms with Gasteiger partial charge in [0.1, 0.15) is 0 Å². The molecule has 0 aliphatic rings. The van der Waals surface area contributed by atoms with Crippen molar-refractivity contribution in [3.63, 3.8) is 0 Å². The van der Waals surface area contributed by atoms with Crippen LogP contribution in [0.3, 0.4) is 0 Å². The summed E-state index contributed by atoms with van der Waals surface area (Å²) in [7, 11) is 0. The molecule has 0 unspecified atom stereocenters. The first kappa shape index (κ1) is 22.1. The second-order valence-electron chi connectivity index (χ2n) is 7.64. The molecular formula is C24H41O.